The fourth-order valence-corrected chi connectivity index (χ4v) is 3.30. The van der Waals surface area contributed by atoms with E-state index in [4.69, 9.17) is 25.6 Å². The Labute approximate surface area is 162 Å². The molecule has 1 aliphatic rings. The van der Waals surface area contributed by atoms with Crippen molar-refractivity contribution < 1.29 is 14.0 Å². The molecule has 0 amide bonds. The van der Waals surface area contributed by atoms with E-state index in [9.17, 15) is 0 Å². The Balaban J connectivity index is 1.65. The molecule has 0 radical (unpaired) electrons. The zero-order valence-electron chi connectivity index (χ0n) is 14.8. The molecule has 25 heavy (non-hydrogen) atoms. The molecule has 0 aliphatic carbocycles. The maximum absolute atomic E-state index is 6.07. The Hall–Kier alpha value is -1.01. The first-order chi connectivity index (χ1) is 11.7. The van der Waals surface area contributed by atoms with Gasteiger partial charge in [0.05, 0.1) is 15.7 Å². The standard InChI is InChI=1S/C19H21BBrClO3/c1-18(2)19(3,4)25-20(24-18)14-7-5-13(6-8-14)12-23-17-10-9-15(22)11-16(17)21/h5-11H,12H2,1-4H3. The van der Waals surface area contributed by atoms with Gasteiger partial charge in [-0.3, -0.25) is 0 Å². The van der Waals surface area contributed by atoms with E-state index in [1.165, 1.54) is 0 Å². The minimum absolute atomic E-state index is 0.333. The van der Waals surface area contributed by atoms with Crippen LogP contribution in [0.15, 0.2) is 46.9 Å². The Morgan fingerprint density at radius 2 is 1.60 bits per heavy atom. The summed E-state index contributed by atoms with van der Waals surface area (Å²) in [6, 6.07) is 13.6. The molecule has 1 saturated heterocycles. The normalized spacial score (nSPS) is 18.4. The summed E-state index contributed by atoms with van der Waals surface area (Å²) in [6.07, 6.45) is 0. The highest BCUT2D eigenvalue weighted by Crippen LogP contribution is 2.36. The molecule has 0 aromatic heterocycles. The number of benzene rings is 2. The van der Waals surface area contributed by atoms with Gasteiger partial charge in [-0.05, 0) is 72.9 Å². The second-order valence-electron chi connectivity index (χ2n) is 7.19. The van der Waals surface area contributed by atoms with Gasteiger partial charge in [0, 0.05) is 5.02 Å². The van der Waals surface area contributed by atoms with E-state index in [0.717, 1.165) is 21.2 Å². The number of hydrogen-bond acceptors (Lipinski definition) is 3. The van der Waals surface area contributed by atoms with Gasteiger partial charge >= 0.3 is 7.12 Å². The molecule has 0 saturated carbocycles. The largest absolute Gasteiger partial charge is 0.494 e. The summed E-state index contributed by atoms with van der Waals surface area (Å²) in [5, 5.41) is 0.672. The molecule has 2 aromatic carbocycles. The zero-order valence-corrected chi connectivity index (χ0v) is 17.1. The highest BCUT2D eigenvalue weighted by atomic mass is 79.9. The second kappa shape index (κ2) is 6.95. The van der Waals surface area contributed by atoms with E-state index >= 15 is 0 Å². The Kier molecular flexibility index (Phi) is 5.22. The van der Waals surface area contributed by atoms with E-state index in [0.29, 0.717) is 11.6 Å². The zero-order chi connectivity index (χ0) is 18.2. The molecular formula is C19H21BBrClO3. The Morgan fingerprint density at radius 1 is 1.00 bits per heavy atom. The van der Waals surface area contributed by atoms with Crippen LogP contribution in [-0.2, 0) is 15.9 Å². The summed E-state index contributed by atoms with van der Waals surface area (Å²) in [4.78, 5) is 0. The Morgan fingerprint density at radius 3 is 2.16 bits per heavy atom. The van der Waals surface area contributed by atoms with Gasteiger partial charge < -0.3 is 14.0 Å². The Bertz CT molecular complexity index is 746. The molecule has 0 atom stereocenters. The van der Waals surface area contributed by atoms with Crippen LogP contribution < -0.4 is 10.2 Å². The lowest BCUT2D eigenvalue weighted by molar-refractivity contribution is 0.00578. The lowest BCUT2D eigenvalue weighted by atomic mass is 9.79. The van der Waals surface area contributed by atoms with Crippen LogP contribution in [0, 0.1) is 0 Å². The monoisotopic (exact) mass is 422 g/mol. The first kappa shape index (κ1) is 18.8. The molecule has 132 valence electrons. The maximum atomic E-state index is 6.07. The third kappa shape index (κ3) is 4.06. The van der Waals surface area contributed by atoms with Crippen molar-refractivity contribution in [3.05, 3.63) is 57.5 Å². The number of ether oxygens (including phenoxy) is 1. The van der Waals surface area contributed by atoms with Crippen molar-refractivity contribution in [3.63, 3.8) is 0 Å². The van der Waals surface area contributed by atoms with Gasteiger partial charge in [0.2, 0.25) is 0 Å². The van der Waals surface area contributed by atoms with Crippen LogP contribution in [0.2, 0.25) is 5.02 Å². The molecule has 6 heteroatoms. The predicted molar refractivity (Wildman–Crippen MR) is 106 cm³/mol. The van der Waals surface area contributed by atoms with Crippen molar-refractivity contribution in [2.24, 2.45) is 0 Å². The molecular weight excluding hydrogens is 402 g/mol. The van der Waals surface area contributed by atoms with Gasteiger partial charge in [-0.25, -0.2) is 0 Å². The van der Waals surface area contributed by atoms with Crippen LogP contribution in [0.5, 0.6) is 5.75 Å². The van der Waals surface area contributed by atoms with Crippen LogP contribution >= 0.6 is 27.5 Å². The molecule has 0 unspecified atom stereocenters. The van der Waals surface area contributed by atoms with Gasteiger partial charge in [0.25, 0.3) is 0 Å². The first-order valence-electron chi connectivity index (χ1n) is 8.20. The smallest absolute Gasteiger partial charge is 0.488 e. The van der Waals surface area contributed by atoms with Crippen LogP contribution in [0.25, 0.3) is 0 Å². The summed E-state index contributed by atoms with van der Waals surface area (Å²) >= 11 is 9.40. The number of halogens is 2. The van der Waals surface area contributed by atoms with Gasteiger partial charge in [0.1, 0.15) is 12.4 Å². The summed E-state index contributed by atoms with van der Waals surface area (Å²) in [6.45, 7) is 8.70. The highest BCUT2D eigenvalue weighted by Gasteiger charge is 2.51. The van der Waals surface area contributed by atoms with E-state index in [1.54, 1.807) is 0 Å². The molecule has 1 heterocycles. The van der Waals surface area contributed by atoms with Crippen molar-refractivity contribution in [2.45, 2.75) is 45.5 Å². The molecule has 3 rings (SSSR count). The molecule has 3 nitrogen and oxygen atoms in total. The van der Waals surface area contributed by atoms with E-state index in [2.05, 4.69) is 43.6 Å². The fraction of sp³-hybridized carbons (Fsp3) is 0.368. The minimum Gasteiger partial charge on any atom is -0.488 e. The van der Waals surface area contributed by atoms with Crippen molar-refractivity contribution >= 4 is 40.1 Å². The number of rotatable bonds is 4. The lowest BCUT2D eigenvalue weighted by Crippen LogP contribution is -2.41. The van der Waals surface area contributed by atoms with Gasteiger partial charge in [-0.1, -0.05) is 35.9 Å². The average molecular weight is 424 g/mol. The van der Waals surface area contributed by atoms with Crippen LogP contribution in [0.3, 0.4) is 0 Å². The third-order valence-corrected chi connectivity index (χ3v) is 5.65. The summed E-state index contributed by atoms with van der Waals surface area (Å²) < 4.78 is 18.8. The molecule has 0 bridgehead atoms. The summed E-state index contributed by atoms with van der Waals surface area (Å²) in [7, 11) is -0.342. The summed E-state index contributed by atoms with van der Waals surface area (Å²) in [5.74, 6) is 0.763. The van der Waals surface area contributed by atoms with Gasteiger partial charge in [-0.15, -0.1) is 0 Å². The second-order valence-corrected chi connectivity index (χ2v) is 8.48. The SMILES string of the molecule is CC1(C)OB(c2ccc(COc3ccc(Cl)cc3Br)cc2)OC1(C)C. The van der Waals surface area contributed by atoms with Gasteiger partial charge in [-0.2, -0.15) is 0 Å². The number of hydrogen-bond donors (Lipinski definition) is 0. The van der Waals surface area contributed by atoms with Crippen LogP contribution in [-0.4, -0.2) is 18.3 Å². The van der Waals surface area contributed by atoms with E-state index in [-0.39, 0.29) is 18.3 Å². The predicted octanol–water partition coefficient (Wildman–Crippen LogP) is 4.98. The molecule has 0 N–H and O–H groups in total. The molecule has 2 aromatic rings. The van der Waals surface area contributed by atoms with E-state index < -0.39 is 0 Å². The molecule has 1 fully saturated rings. The van der Waals surface area contributed by atoms with Crippen molar-refractivity contribution in [3.8, 4) is 5.75 Å². The summed E-state index contributed by atoms with van der Waals surface area (Å²) in [5.41, 5.74) is 1.41. The highest BCUT2D eigenvalue weighted by molar-refractivity contribution is 9.10. The third-order valence-electron chi connectivity index (χ3n) is 4.79. The quantitative estimate of drug-likeness (QED) is 0.649. The van der Waals surface area contributed by atoms with Crippen LogP contribution in [0.1, 0.15) is 33.3 Å². The van der Waals surface area contributed by atoms with Crippen molar-refractivity contribution in [2.75, 3.05) is 0 Å². The van der Waals surface area contributed by atoms with Crippen molar-refractivity contribution in [1.82, 2.24) is 0 Å². The molecule has 1 aliphatic heterocycles. The minimum atomic E-state index is -0.342. The van der Waals surface area contributed by atoms with Crippen LogP contribution in [0.4, 0.5) is 0 Å². The average Bonchev–Trinajstić information content (AvgIpc) is 2.75. The first-order valence-corrected chi connectivity index (χ1v) is 9.37. The fourth-order valence-electron chi connectivity index (χ4n) is 2.50. The molecule has 0 spiro atoms. The topological polar surface area (TPSA) is 27.7 Å². The lowest BCUT2D eigenvalue weighted by Gasteiger charge is -2.32. The van der Waals surface area contributed by atoms with Gasteiger partial charge in [0.15, 0.2) is 0 Å². The van der Waals surface area contributed by atoms with Crippen molar-refractivity contribution in [1.29, 1.82) is 0 Å². The van der Waals surface area contributed by atoms with E-state index in [1.807, 2.05) is 42.5 Å². The maximum Gasteiger partial charge on any atom is 0.494 e.